The lowest BCUT2D eigenvalue weighted by molar-refractivity contribution is -0.142. The maximum atomic E-state index is 13.2. The van der Waals surface area contributed by atoms with Gasteiger partial charge in [-0.1, -0.05) is 54.2 Å². The van der Waals surface area contributed by atoms with E-state index in [1.807, 2.05) is 20.8 Å². The van der Waals surface area contributed by atoms with E-state index in [4.69, 9.17) is 39.5 Å². The molecule has 0 aliphatic carbocycles. The van der Waals surface area contributed by atoms with E-state index in [0.29, 0.717) is 32.9 Å². The molecule has 0 heterocycles. The average molecular weight is 500 g/mol. The van der Waals surface area contributed by atoms with Crippen molar-refractivity contribution >= 4 is 46.6 Å². The molecule has 0 radical (unpaired) electrons. The van der Waals surface area contributed by atoms with Gasteiger partial charge in [0.25, 0.3) is 5.91 Å². The lowest BCUT2D eigenvalue weighted by Gasteiger charge is -2.29. The van der Waals surface area contributed by atoms with E-state index in [2.05, 4.69) is 5.32 Å². The Hall–Kier alpha value is -1.95. The molecule has 0 saturated carbocycles. The summed E-state index contributed by atoms with van der Waals surface area (Å²) in [5.41, 5.74) is 2.30. The molecule has 8 heteroatoms. The lowest BCUT2D eigenvalue weighted by atomic mass is 10.1. The van der Waals surface area contributed by atoms with Crippen molar-refractivity contribution in [1.29, 1.82) is 0 Å². The molecule has 0 saturated heterocycles. The molecule has 0 aliphatic heterocycles. The first kappa shape index (κ1) is 26.3. The summed E-state index contributed by atoms with van der Waals surface area (Å²) >= 11 is 18.9. The predicted molar refractivity (Wildman–Crippen MR) is 131 cm³/mol. The molecular formula is C24H29Cl3N2O3. The second-order valence-corrected chi connectivity index (χ2v) is 8.89. The van der Waals surface area contributed by atoms with Gasteiger partial charge in [0.05, 0.1) is 0 Å². The van der Waals surface area contributed by atoms with Gasteiger partial charge >= 0.3 is 0 Å². The number of rotatable bonds is 10. The number of aryl methyl sites for hydroxylation is 2. The molecule has 0 fully saturated rings. The number of ether oxygens (including phenoxy) is 1. The third-order valence-corrected chi connectivity index (χ3v) is 6.46. The van der Waals surface area contributed by atoms with Crippen LogP contribution in [0.25, 0.3) is 0 Å². The monoisotopic (exact) mass is 498 g/mol. The van der Waals surface area contributed by atoms with Gasteiger partial charge in [-0.2, -0.15) is 0 Å². The maximum absolute atomic E-state index is 13.2. The quantitative estimate of drug-likeness (QED) is 0.409. The van der Waals surface area contributed by atoms with Crippen LogP contribution in [0.1, 0.15) is 43.4 Å². The summed E-state index contributed by atoms with van der Waals surface area (Å²) < 4.78 is 5.74. The average Bonchev–Trinajstić information content (AvgIpc) is 2.75. The number of unbranched alkanes of at least 4 members (excludes halogenated alkanes) is 1. The first-order chi connectivity index (χ1) is 15.1. The van der Waals surface area contributed by atoms with Crippen LogP contribution < -0.4 is 10.1 Å². The number of halogens is 3. The van der Waals surface area contributed by atoms with E-state index < -0.39 is 6.04 Å². The minimum Gasteiger partial charge on any atom is -0.484 e. The molecule has 0 bridgehead atoms. The zero-order chi connectivity index (χ0) is 23.8. The van der Waals surface area contributed by atoms with Crippen LogP contribution in [0.5, 0.6) is 5.75 Å². The van der Waals surface area contributed by atoms with Crippen molar-refractivity contribution in [2.75, 3.05) is 13.2 Å². The summed E-state index contributed by atoms with van der Waals surface area (Å²) in [7, 11) is 0. The highest BCUT2D eigenvalue weighted by atomic mass is 35.5. The zero-order valence-corrected chi connectivity index (χ0v) is 21.1. The second kappa shape index (κ2) is 12.3. The van der Waals surface area contributed by atoms with Gasteiger partial charge in [0, 0.05) is 33.7 Å². The van der Waals surface area contributed by atoms with Crippen molar-refractivity contribution in [2.24, 2.45) is 0 Å². The van der Waals surface area contributed by atoms with E-state index in [0.717, 1.165) is 24.0 Å². The molecule has 1 N–H and O–H groups in total. The van der Waals surface area contributed by atoms with Gasteiger partial charge in [-0.05, 0) is 62.6 Å². The molecule has 1 atom stereocenters. The van der Waals surface area contributed by atoms with Crippen LogP contribution in [0, 0.1) is 13.8 Å². The van der Waals surface area contributed by atoms with Crippen LogP contribution in [0.4, 0.5) is 0 Å². The fourth-order valence-electron chi connectivity index (χ4n) is 3.19. The van der Waals surface area contributed by atoms with Crippen molar-refractivity contribution in [1.82, 2.24) is 10.2 Å². The third-order valence-electron chi connectivity index (χ3n) is 5.16. The number of benzene rings is 2. The summed E-state index contributed by atoms with van der Waals surface area (Å²) in [4.78, 5) is 27.3. The normalized spacial score (nSPS) is 11.7. The van der Waals surface area contributed by atoms with Gasteiger partial charge < -0.3 is 15.0 Å². The molecule has 5 nitrogen and oxygen atoms in total. The molecule has 2 amide bonds. The maximum Gasteiger partial charge on any atom is 0.261 e. The molecule has 174 valence electrons. The van der Waals surface area contributed by atoms with Crippen LogP contribution in [0.15, 0.2) is 30.3 Å². The van der Waals surface area contributed by atoms with Gasteiger partial charge in [0.15, 0.2) is 6.61 Å². The summed E-state index contributed by atoms with van der Waals surface area (Å²) in [6.45, 7) is 7.87. The van der Waals surface area contributed by atoms with E-state index in [1.54, 1.807) is 37.3 Å². The highest BCUT2D eigenvalue weighted by molar-refractivity contribution is 6.36. The number of nitrogens with zero attached hydrogens (tertiary/aromatic N) is 1. The van der Waals surface area contributed by atoms with E-state index >= 15 is 0 Å². The number of hydrogen-bond acceptors (Lipinski definition) is 3. The Morgan fingerprint density at radius 3 is 2.25 bits per heavy atom. The highest BCUT2D eigenvalue weighted by Crippen LogP contribution is 2.28. The second-order valence-electron chi connectivity index (χ2n) is 7.70. The van der Waals surface area contributed by atoms with Crippen LogP contribution >= 0.6 is 34.8 Å². The van der Waals surface area contributed by atoms with Crippen LogP contribution in [-0.4, -0.2) is 35.9 Å². The SMILES string of the molecule is CCCCNC(=O)[C@@H](C)N(Cc1c(Cl)cccc1Cl)C(=O)COc1cc(C)c(Cl)c(C)c1. The minimum absolute atomic E-state index is 0.0851. The van der Waals surface area contributed by atoms with Crippen LogP contribution in [0.3, 0.4) is 0 Å². The predicted octanol–water partition coefficient (Wildman–Crippen LogP) is 5.98. The topological polar surface area (TPSA) is 58.6 Å². The van der Waals surface area contributed by atoms with E-state index in [9.17, 15) is 9.59 Å². The fraction of sp³-hybridized carbons (Fsp3) is 0.417. The Kier molecular flexibility index (Phi) is 10.1. The van der Waals surface area contributed by atoms with Crippen LogP contribution in [0.2, 0.25) is 15.1 Å². The Morgan fingerprint density at radius 1 is 1.09 bits per heavy atom. The van der Waals surface area contributed by atoms with E-state index in [1.165, 1.54) is 4.90 Å². The Balaban J connectivity index is 2.22. The standard InChI is InChI=1S/C24H29Cl3N2O3/c1-5-6-10-28-24(31)17(4)29(13-19-20(25)8-7-9-21(19)26)22(30)14-32-18-11-15(2)23(27)16(3)12-18/h7-9,11-12,17H,5-6,10,13-14H2,1-4H3,(H,28,31)/t17-/m1/s1. The van der Waals surface area contributed by atoms with Gasteiger partial charge in [0.1, 0.15) is 11.8 Å². The Morgan fingerprint density at radius 2 is 1.69 bits per heavy atom. The molecular weight excluding hydrogens is 471 g/mol. The summed E-state index contributed by atoms with van der Waals surface area (Å²) in [5, 5.41) is 4.40. The molecule has 2 aromatic rings. The summed E-state index contributed by atoms with van der Waals surface area (Å²) in [6.07, 6.45) is 1.82. The lowest BCUT2D eigenvalue weighted by Crippen LogP contribution is -2.49. The van der Waals surface area contributed by atoms with Gasteiger partial charge in [0.2, 0.25) is 5.91 Å². The van der Waals surface area contributed by atoms with Gasteiger partial charge in [-0.15, -0.1) is 0 Å². The van der Waals surface area contributed by atoms with Crippen molar-refractivity contribution < 1.29 is 14.3 Å². The number of carbonyl (C=O) groups excluding carboxylic acids is 2. The largest absolute Gasteiger partial charge is 0.484 e. The number of hydrogen-bond donors (Lipinski definition) is 1. The molecule has 2 aromatic carbocycles. The van der Waals surface area contributed by atoms with Crippen molar-refractivity contribution in [2.45, 2.75) is 53.1 Å². The summed E-state index contributed by atoms with van der Waals surface area (Å²) in [6, 6.07) is 7.96. The number of amides is 2. The smallest absolute Gasteiger partial charge is 0.261 e. The first-order valence-corrected chi connectivity index (χ1v) is 11.7. The molecule has 0 spiro atoms. The molecule has 32 heavy (non-hydrogen) atoms. The third kappa shape index (κ3) is 7.03. The van der Waals surface area contributed by atoms with E-state index in [-0.39, 0.29) is 25.0 Å². The molecule has 0 unspecified atom stereocenters. The fourth-order valence-corrected chi connectivity index (χ4v) is 3.82. The summed E-state index contributed by atoms with van der Waals surface area (Å²) in [5.74, 6) is -0.0638. The zero-order valence-electron chi connectivity index (χ0n) is 18.8. The van der Waals surface area contributed by atoms with Crippen molar-refractivity contribution in [3.05, 3.63) is 62.1 Å². The molecule has 2 rings (SSSR count). The van der Waals surface area contributed by atoms with Crippen molar-refractivity contribution in [3.63, 3.8) is 0 Å². The first-order valence-electron chi connectivity index (χ1n) is 10.5. The van der Waals surface area contributed by atoms with Gasteiger partial charge in [-0.3, -0.25) is 9.59 Å². The van der Waals surface area contributed by atoms with Crippen LogP contribution in [-0.2, 0) is 16.1 Å². The molecule has 0 aromatic heterocycles. The number of nitrogens with one attached hydrogen (secondary N) is 1. The minimum atomic E-state index is -0.732. The van der Waals surface area contributed by atoms with Gasteiger partial charge in [-0.25, -0.2) is 0 Å². The Bertz CT molecular complexity index is 922. The van der Waals surface area contributed by atoms with Crippen molar-refractivity contribution in [3.8, 4) is 5.75 Å². The number of carbonyl (C=O) groups is 2. The highest BCUT2D eigenvalue weighted by Gasteiger charge is 2.27. The molecule has 0 aliphatic rings. The Labute approximate surface area is 205 Å².